The highest BCUT2D eigenvalue weighted by Gasteiger charge is 2.24. The minimum absolute atomic E-state index is 0.161. The van der Waals surface area contributed by atoms with Crippen molar-refractivity contribution in [1.29, 1.82) is 0 Å². The Morgan fingerprint density at radius 1 is 1.20 bits per heavy atom. The van der Waals surface area contributed by atoms with E-state index in [1.807, 2.05) is 0 Å². The van der Waals surface area contributed by atoms with Gasteiger partial charge in [-0.3, -0.25) is 0 Å². The monoisotopic (exact) mass is 204 g/mol. The zero-order valence-corrected chi connectivity index (χ0v) is 10.1. The molecule has 0 aliphatic heterocycles. The summed E-state index contributed by atoms with van der Waals surface area (Å²) in [4.78, 5) is 0. The standard InChI is InChI=1S/C14H22N/c1-4-8-13(14(2,3)15)11-12-9-6-5-7-10-12/h5-7,9-10H,4,8,11,15H2,1-3H3. The van der Waals surface area contributed by atoms with Crippen molar-refractivity contribution in [2.75, 3.05) is 0 Å². The molecule has 1 nitrogen and oxygen atoms in total. The highest BCUT2D eigenvalue weighted by molar-refractivity contribution is 5.22. The molecule has 0 aliphatic rings. The largest absolute Gasteiger partial charge is 0.325 e. The summed E-state index contributed by atoms with van der Waals surface area (Å²) in [5.74, 6) is 1.44. The zero-order valence-electron chi connectivity index (χ0n) is 10.1. The first-order valence-electron chi connectivity index (χ1n) is 5.72. The van der Waals surface area contributed by atoms with E-state index in [9.17, 15) is 0 Å². The van der Waals surface area contributed by atoms with Crippen LogP contribution in [-0.2, 0) is 6.42 Å². The van der Waals surface area contributed by atoms with Gasteiger partial charge in [0.25, 0.3) is 0 Å². The van der Waals surface area contributed by atoms with Crippen molar-refractivity contribution in [3.8, 4) is 0 Å². The fourth-order valence-corrected chi connectivity index (χ4v) is 1.78. The summed E-state index contributed by atoms with van der Waals surface area (Å²) in [6.45, 7) is 6.40. The molecule has 0 heterocycles. The molecule has 0 amide bonds. The van der Waals surface area contributed by atoms with Gasteiger partial charge in [0.15, 0.2) is 0 Å². The second-order valence-corrected chi connectivity index (χ2v) is 4.74. The predicted octanol–water partition coefficient (Wildman–Crippen LogP) is 3.34. The number of benzene rings is 1. The average molecular weight is 204 g/mol. The van der Waals surface area contributed by atoms with Crippen LogP contribution in [0.15, 0.2) is 30.3 Å². The number of hydrogen-bond acceptors (Lipinski definition) is 1. The van der Waals surface area contributed by atoms with Gasteiger partial charge in [-0.25, -0.2) is 0 Å². The molecule has 1 aromatic rings. The van der Waals surface area contributed by atoms with Gasteiger partial charge < -0.3 is 5.73 Å². The smallest absolute Gasteiger partial charge is 0.0163 e. The van der Waals surface area contributed by atoms with Gasteiger partial charge in [0.1, 0.15) is 0 Å². The summed E-state index contributed by atoms with van der Waals surface area (Å²) < 4.78 is 0. The third-order valence-corrected chi connectivity index (χ3v) is 2.72. The molecule has 0 bridgehead atoms. The number of nitrogens with two attached hydrogens (primary N) is 1. The summed E-state index contributed by atoms with van der Waals surface area (Å²) >= 11 is 0. The third-order valence-electron chi connectivity index (χ3n) is 2.72. The summed E-state index contributed by atoms with van der Waals surface area (Å²) in [6.07, 6.45) is 3.30. The summed E-state index contributed by atoms with van der Waals surface area (Å²) in [5.41, 5.74) is 7.38. The first-order valence-corrected chi connectivity index (χ1v) is 5.72. The van der Waals surface area contributed by atoms with Crippen LogP contribution in [0.5, 0.6) is 0 Å². The lowest BCUT2D eigenvalue weighted by atomic mass is 9.80. The molecule has 0 saturated heterocycles. The lowest BCUT2D eigenvalue weighted by Crippen LogP contribution is -2.40. The van der Waals surface area contributed by atoms with Crippen molar-refractivity contribution in [1.82, 2.24) is 0 Å². The summed E-state index contributed by atoms with van der Waals surface area (Å²) in [6, 6.07) is 10.6. The highest BCUT2D eigenvalue weighted by atomic mass is 14.7. The topological polar surface area (TPSA) is 26.0 Å². The van der Waals surface area contributed by atoms with E-state index in [1.54, 1.807) is 0 Å². The van der Waals surface area contributed by atoms with E-state index in [0.717, 1.165) is 12.8 Å². The van der Waals surface area contributed by atoms with Crippen LogP contribution < -0.4 is 5.73 Å². The number of rotatable bonds is 5. The van der Waals surface area contributed by atoms with E-state index in [2.05, 4.69) is 51.1 Å². The molecule has 0 aromatic heterocycles. The minimum Gasteiger partial charge on any atom is -0.325 e. The predicted molar refractivity (Wildman–Crippen MR) is 66.6 cm³/mol. The first kappa shape index (κ1) is 12.3. The van der Waals surface area contributed by atoms with Crippen LogP contribution in [0.3, 0.4) is 0 Å². The van der Waals surface area contributed by atoms with Gasteiger partial charge in [-0.1, -0.05) is 43.7 Å². The second-order valence-electron chi connectivity index (χ2n) is 4.74. The van der Waals surface area contributed by atoms with Crippen molar-refractivity contribution in [3.63, 3.8) is 0 Å². The van der Waals surface area contributed by atoms with Gasteiger partial charge in [-0.05, 0) is 38.2 Å². The van der Waals surface area contributed by atoms with Crippen LogP contribution in [0.4, 0.5) is 0 Å². The van der Waals surface area contributed by atoms with E-state index < -0.39 is 0 Å². The maximum atomic E-state index is 6.18. The van der Waals surface area contributed by atoms with Crippen LogP contribution in [0.2, 0.25) is 0 Å². The molecule has 1 heteroatoms. The number of hydrogen-bond donors (Lipinski definition) is 1. The molecular weight excluding hydrogens is 182 g/mol. The normalized spacial score (nSPS) is 12.1. The van der Waals surface area contributed by atoms with Crippen molar-refractivity contribution >= 4 is 0 Å². The zero-order chi connectivity index (χ0) is 11.3. The van der Waals surface area contributed by atoms with Crippen LogP contribution >= 0.6 is 0 Å². The SMILES string of the molecule is CCC[C](Cc1ccccc1)C(C)(C)N. The summed E-state index contributed by atoms with van der Waals surface area (Å²) in [7, 11) is 0. The molecule has 1 rings (SSSR count). The van der Waals surface area contributed by atoms with Gasteiger partial charge in [0.05, 0.1) is 0 Å². The van der Waals surface area contributed by atoms with Gasteiger partial charge in [-0.2, -0.15) is 0 Å². The third kappa shape index (κ3) is 4.05. The quantitative estimate of drug-likeness (QED) is 0.782. The molecular formula is C14H22N. The molecule has 15 heavy (non-hydrogen) atoms. The van der Waals surface area contributed by atoms with Crippen molar-refractivity contribution in [2.24, 2.45) is 5.73 Å². The van der Waals surface area contributed by atoms with Crippen molar-refractivity contribution in [2.45, 2.75) is 45.6 Å². The second kappa shape index (κ2) is 5.32. The van der Waals surface area contributed by atoms with E-state index >= 15 is 0 Å². The fourth-order valence-electron chi connectivity index (χ4n) is 1.78. The van der Waals surface area contributed by atoms with E-state index in [1.165, 1.54) is 17.9 Å². The Morgan fingerprint density at radius 3 is 2.27 bits per heavy atom. The van der Waals surface area contributed by atoms with Gasteiger partial charge in [-0.15, -0.1) is 0 Å². The summed E-state index contributed by atoms with van der Waals surface area (Å²) in [5, 5.41) is 0. The Balaban J connectivity index is 2.67. The molecule has 83 valence electrons. The lowest BCUT2D eigenvalue weighted by molar-refractivity contribution is 0.479. The van der Waals surface area contributed by atoms with E-state index in [0.29, 0.717) is 0 Å². The maximum Gasteiger partial charge on any atom is 0.0163 e. The van der Waals surface area contributed by atoms with Gasteiger partial charge in [0, 0.05) is 5.54 Å². The van der Waals surface area contributed by atoms with Crippen molar-refractivity contribution in [3.05, 3.63) is 41.8 Å². The van der Waals surface area contributed by atoms with Crippen LogP contribution in [-0.4, -0.2) is 5.54 Å². The molecule has 0 saturated carbocycles. The van der Waals surface area contributed by atoms with Crippen LogP contribution in [0.25, 0.3) is 0 Å². The van der Waals surface area contributed by atoms with Crippen LogP contribution in [0, 0.1) is 5.92 Å². The molecule has 1 aromatic carbocycles. The molecule has 0 atom stereocenters. The Hall–Kier alpha value is -0.820. The highest BCUT2D eigenvalue weighted by Crippen LogP contribution is 2.25. The maximum absolute atomic E-state index is 6.18. The van der Waals surface area contributed by atoms with Crippen LogP contribution in [0.1, 0.15) is 39.2 Å². The molecule has 0 unspecified atom stereocenters. The molecule has 1 radical (unpaired) electrons. The molecule has 0 aliphatic carbocycles. The first-order chi connectivity index (χ1) is 7.04. The average Bonchev–Trinajstić information content (AvgIpc) is 2.17. The Morgan fingerprint density at radius 2 is 1.80 bits per heavy atom. The molecule has 0 fully saturated rings. The van der Waals surface area contributed by atoms with Gasteiger partial charge >= 0.3 is 0 Å². The Kier molecular flexibility index (Phi) is 4.34. The van der Waals surface area contributed by atoms with Crippen molar-refractivity contribution < 1.29 is 0 Å². The Labute approximate surface area is 93.7 Å². The molecule has 2 N–H and O–H groups in total. The van der Waals surface area contributed by atoms with E-state index in [-0.39, 0.29) is 5.54 Å². The Bertz CT molecular complexity index is 271. The van der Waals surface area contributed by atoms with E-state index in [4.69, 9.17) is 5.73 Å². The lowest BCUT2D eigenvalue weighted by Gasteiger charge is -2.30. The molecule has 0 spiro atoms. The minimum atomic E-state index is -0.161. The fraction of sp³-hybridized carbons (Fsp3) is 0.500. The van der Waals surface area contributed by atoms with Gasteiger partial charge in [0.2, 0.25) is 0 Å².